The van der Waals surface area contributed by atoms with Crippen LogP contribution in [0.2, 0.25) is 0 Å². The lowest BCUT2D eigenvalue weighted by atomic mass is 10.1. The van der Waals surface area contributed by atoms with Gasteiger partial charge in [0.2, 0.25) is 0 Å². The molecular weight excluding hydrogens is 424 g/mol. The van der Waals surface area contributed by atoms with Crippen LogP contribution in [0.4, 0.5) is 5.82 Å². The minimum atomic E-state index is -0.441. The monoisotopic (exact) mass is 458 g/mol. The van der Waals surface area contributed by atoms with Crippen molar-refractivity contribution in [3.05, 3.63) is 59.7 Å². The molecule has 6 heteroatoms. The molecule has 0 saturated carbocycles. The first-order valence-corrected chi connectivity index (χ1v) is 12.5. The Kier molecular flexibility index (Phi) is 7.78. The molecule has 0 radical (unpaired) electrons. The molecule has 4 aromatic rings. The van der Waals surface area contributed by atoms with Crippen molar-refractivity contribution in [2.24, 2.45) is 0 Å². The first kappa shape index (κ1) is 23.7. The van der Waals surface area contributed by atoms with Crippen LogP contribution in [0.15, 0.2) is 48.5 Å². The van der Waals surface area contributed by atoms with E-state index in [1.165, 1.54) is 37.7 Å². The summed E-state index contributed by atoms with van der Waals surface area (Å²) in [7, 11) is 0. The third-order valence-electron chi connectivity index (χ3n) is 6.26. The van der Waals surface area contributed by atoms with Crippen LogP contribution in [0, 0.1) is 0 Å². The average molecular weight is 459 g/mol. The number of unbranched alkanes of at least 4 members (excludes halogenated alkanes) is 6. The van der Waals surface area contributed by atoms with E-state index >= 15 is 0 Å². The Bertz CT molecular complexity index is 1280. The van der Waals surface area contributed by atoms with Crippen molar-refractivity contribution in [2.75, 3.05) is 12.3 Å². The van der Waals surface area contributed by atoms with Crippen molar-refractivity contribution < 1.29 is 9.53 Å². The highest BCUT2D eigenvalue weighted by Crippen LogP contribution is 2.32. The normalized spacial score (nSPS) is 11.4. The molecular formula is C28H34N4O2. The zero-order valence-electron chi connectivity index (χ0n) is 20.2. The zero-order valence-corrected chi connectivity index (χ0v) is 20.2. The SMILES string of the molecule is CCCCCCCCCOC(=O)c1c(N)n(-c2cccc(CC)c2)c2nc3ccccc3nc12. The van der Waals surface area contributed by atoms with Gasteiger partial charge < -0.3 is 10.5 Å². The second-order valence-electron chi connectivity index (χ2n) is 8.76. The molecule has 0 unspecified atom stereocenters. The summed E-state index contributed by atoms with van der Waals surface area (Å²) in [6.07, 6.45) is 9.02. The number of esters is 1. The van der Waals surface area contributed by atoms with Crippen molar-refractivity contribution in [1.29, 1.82) is 0 Å². The number of hydrogen-bond acceptors (Lipinski definition) is 5. The molecule has 34 heavy (non-hydrogen) atoms. The Balaban J connectivity index is 1.64. The van der Waals surface area contributed by atoms with Crippen LogP contribution in [-0.2, 0) is 11.2 Å². The number of carbonyl (C=O) groups is 1. The quantitative estimate of drug-likeness (QED) is 0.202. The summed E-state index contributed by atoms with van der Waals surface area (Å²) in [4.78, 5) is 22.8. The lowest BCUT2D eigenvalue weighted by Crippen LogP contribution is -2.10. The third kappa shape index (κ3) is 5.06. The standard InChI is InChI=1S/C28H34N4O2/c1-3-5-6-7-8-9-12-18-34-28(33)24-25-27(31-23-17-11-10-16-22(23)30-25)32(26(24)29)21-15-13-14-20(4-2)19-21/h10-11,13-17,19H,3-9,12,18,29H2,1-2H3. The minimum absolute atomic E-state index is 0.290. The predicted octanol–water partition coefficient (Wildman–Crippen LogP) is 6.63. The topological polar surface area (TPSA) is 83.0 Å². The van der Waals surface area contributed by atoms with Crippen molar-refractivity contribution in [1.82, 2.24) is 14.5 Å². The van der Waals surface area contributed by atoms with Crippen LogP contribution in [0.5, 0.6) is 0 Å². The number of rotatable bonds is 11. The van der Waals surface area contributed by atoms with Crippen LogP contribution >= 0.6 is 0 Å². The van der Waals surface area contributed by atoms with Gasteiger partial charge in [0.15, 0.2) is 5.65 Å². The van der Waals surface area contributed by atoms with E-state index in [2.05, 4.69) is 26.0 Å². The van der Waals surface area contributed by atoms with E-state index in [0.29, 0.717) is 23.6 Å². The Morgan fingerprint density at radius 1 is 0.912 bits per heavy atom. The largest absolute Gasteiger partial charge is 0.462 e. The molecule has 178 valence electrons. The van der Waals surface area contributed by atoms with E-state index in [1.807, 2.05) is 41.0 Å². The first-order chi connectivity index (χ1) is 16.6. The summed E-state index contributed by atoms with van der Waals surface area (Å²) in [5.74, 6) is -0.133. The molecule has 2 aromatic heterocycles. The fourth-order valence-electron chi connectivity index (χ4n) is 4.34. The number of benzene rings is 2. The zero-order chi connectivity index (χ0) is 23.9. The first-order valence-electron chi connectivity index (χ1n) is 12.5. The fraction of sp³-hybridized carbons (Fsp3) is 0.393. The van der Waals surface area contributed by atoms with Gasteiger partial charge in [0.25, 0.3) is 0 Å². The highest BCUT2D eigenvalue weighted by atomic mass is 16.5. The molecule has 2 aromatic carbocycles. The highest BCUT2D eigenvalue weighted by Gasteiger charge is 2.26. The van der Waals surface area contributed by atoms with Gasteiger partial charge in [0.1, 0.15) is 16.9 Å². The molecule has 4 rings (SSSR count). The molecule has 0 amide bonds. The number of anilines is 1. The van der Waals surface area contributed by atoms with Crippen molar-refractivity contribution in [3.8, 4) is 5.69 Å². The number of nitrogens with two attached hydrogens (primary N) is 1. The number of para-hydroxylation sites is 2. The summed E-state index contributed by atoms with van der Waals surface area (Å²) >= 11 is 0. The molecule has 2 heterocycles. The van der Waals surface area contributed by atoms with Gasteiger partial charge >= 0.3 is 5.97 Å². The van der Waals surface area contributed by atoms with Gasteiger partial charge in [-0.05, 0) is 42.7 Å². The van der Waals surface area contributed by atoms with E-state index in [4.69, 9.17) is 20.4 Å². The van der Waals surface area contributed by atoms with Gasteiger partial charge in [-0.25, -0.2) is 14.8 Å². The maximum absolute atomic E-state index is 13.2. The van der Waals surface area contributed by atoms with Gasteiger partial charge in [-0.2, -0.15) is 0 Å². The van der Waals surface area contributed by atoms with E-state index in [-0.39, 0.29) is 5.56 Å². The Morgan fingerprint density at radius 2 is 1.62 bits per heavy atom. The highest BCUT2D eigenvalue weighted by molar-refractivity contribution is 6.09. The van der Waals surface area contributed by atoms with Crippen LogP contribution in [0.25, 0.3) is 27.9 Å². The van der Waals surface area contributed by atoms with Crippen LogP contribution in [-0.4, -0.2) is 27.1 Å². The van der Waals surface area contributed by atoms with E-state index in [1.54, 1.807) is 0 Å². The van der Waals surface area contributed by atoms with E-state index in [9.17, 15) is 4.79 Å². The molecule has 0 fully saturated rings. The van der Waals surface area contributed by atoms with Gasteiger partial charge in [-0.1, -0.05) is 76.6 Å². The Labute approximate surface area is 201 Å². The van der Waals surface area contributed by atoms with Crippen LogP contribution < -0.4 is 5.73 Å². The maximum Gasteiger partial charge on any atom is 0.344 e. The molecule has 2 N–H and O–H groups in total. The number of carbonyl (C=O) groups excluding carboxylic acids is 1. The Hall–Kier alpha value is -3.41. The van der Waals surface area contributed by atoms with E-state index in [0.717, 1.165) is 36.0 Å². The molecule has 0 atom stereocenters. The fourth-order valence-corrected chi connectivity index (χ4v) is 4.34. The molecule has 0 aliphatic carbocycles. The average Bonchev–Trinajstić information content (AvgIpc) is 3.14. The molecule has 0 aliphatic heterocycles. The number of ether oxygens (including phenoxy) is 1. The van der Waals surface area contributed by atoms with Crippen molar-refractivity contribution in [3.63, 3.8) is 0 Å². The summed E-state index contributed by atoms with van der Waals surface area (Å²) < 4.78 is 7.47. The molecule has 0 saturated heterocycles. The van der Waals surface area contributed by atoms with Gasteiger partial charge in [0, 0.05) is 5.69 Å². The summed E-state index contributed by atoms with van der Waals surface area (Å²) in [5, 5.41) is 0. The molecule has 0 aliphatic rings. The molecule has 6 nitrogen and oxygen atoms in total. The predicted molar refractivity (Wildman–Crippen MR) is 138 cm³/mol. The molecule has 0 spiro atoms. The van der Waals surface area contributed by atoms with Crippen LogP contribution in [0.1, 0.15) is 74.7 Å². The van der Waals surface area contributed by atoms with Crippen molar-refractivity contribution in [2.45, 2.75) is 65.2 Å². The number of fused-ring (bicyclic) bond motifs is 2. The Morgan fingerprint density at radius 3 is 2.35 bits per heavy atom. The number of aromatic nitrogens is 3. The summed E-state index contributed by atoms with van der Waals surface area (Å²) in [6.45, 7) is 4.71. The second kappa shape index (κ2) is 11.1. The van der Waals surface area contributed by atoms with Gasteiger partial charge in [0.05, 0.1) is 17.6 Å². The van der Waals surface area contributed by atoms with E-state index < -0.39 is 5.97 Å². The third-order valence-corrected chi connectivity index (χ3v) is 6.26. The summed E-state index contributed by atoms with van der Waals surface area (Å²) in [6, 6.07) is 15.7. The minimum Gasteiger partial charge on any atom is -0.462 e. The number of aryl methyl sites for hydroxylation is 1. The lowest BCUT2D eigenvalue weighted by Gasteiger charge is -2.09. The molecule has 0 bridgehead atoms. The van der Waals surface area contributed by atoms with Crippen molar-refractivity contribution >= 4 is 34.0 Å². The van der Waals surface area contributed by atoms with Gasteiger partial charge in [-0.3, -0.25) is 4.57 Å². The number of nitrogens with zero attached hydrogens (tertiary/aromatic N) is 3. The number of nitrogen functional groups attached to an aromatic ring is 1. The summed E-state index contributed by atoms with van der Waals surface area (Å²) in [5.41, 5.74) is 11.4. The number of hydrogen-bond donors (Lipinski definition) is 1. The maximum atomic E-state index is 13.2. The van der Waals surface area contributed by atoms with Gasteiger partial charge in [-0.15, -0.1) is 0 Å². The van der Waals surface area contributed by atoms with Crippen LogP contribution in [0.3, 0.4) is 0 Å². The smallest absolute Gasteiger partial charge is 0.344 e. The lowest BCUT2D eigenvalue weighted by molar-refractivity contribution is 0.0501. The second-order valence-corrected chi connectivity index (χ2v) is 8.76.